The first-order valence-electron chi connectivity index (χ1n) is 20.5. The third-order valence-corrected chi connectivity index (χ3v) is 9.38. The molecule has 332 valence electrons. The maximum absolute atomic E-state index is 13.1. The molecule has 0 saturated heterocycles. The fourth-order valence-corrected chi connectivity index (χ4v) is 5.63. The summed E-state index contributed by atoms with van der Waals surface area (Å²) >= 11 is 0. The van der Waals surface area contributed by atoms with Crippen molar-refractivity contribution in [2.45, 2.75) is 85.7 Å². The van der Waals surface area contributed by atoms with Crippen LogP contribution >= 0.6 is 0 Å². The molecule has 0 atom stereocenters. The average Bonchev–Trinajstić information content (AvgIpc) is 3.51. The summed E-state index contributed by atoms with van der Waals surface area (Å²) in [7, 11) is 0. The fraction of sp³-hybridized carbons (Fsp3) is 0.543. The highest BCUT2D eigenvalue weighted by Gasteiger charge is 2.14. The van der Waals surface area contributed by atoms with Crippen molar-refractivity contribution in [2.75, 3.05) is 79.3 Å². The van der Waals surface area contributed by atoms with Crippen LogP contribution in [0.4, 0.5) is 0 Å². The summed E-state index contributed by atoms with van der Waals surface area (Å²) in [6.45, 7) is 15.6. The highest BCUT2D eigenvalue weighted by atomic mass is 16.6. The summed E-state index contributed by atoms with van der Waals surface area (Å²) in [5, 5.41) is 31.2. The lowest BCUT2D eigenvalue weighted by Gasteiger charge is -2.08. The van der Waals surface area contributed by atoms with E-state index in [2.05, 4.69) is 0 Å². The van der Waals surface area contributed by atoms with Crippen molar-refractivity contribution in [2.24, 2.45) is 0 Å². The molecule has 0 aromatic heterocycles. The van der Waals surface area contributed by atoms with E-state index in [-0.39, 0.29) is 101 Å². The quantitative estimate of drug-likeness (QED) is 0.0714. The van der Waals surface area contributed by atoms with E-state index < -0.39 is 16.3 Å². The van der Waals surface area contributed by atoms with E-state index in [9.17, 15) is 29.7 Å². The molecule has 0 saturated carbocycles. The molecule has 60 heavy (non-hydrogen) atoms. The lowest BCUT2D eigenvalue weighted by atomic mass is 10.0. The van der Waals surface area contributed by atoms with Gasteiger partial charge in [0, 0.05) is 22.3 Å². The van der Waals surface area contributed by atoms with Crippen molar-refractivity contribution in [1.29, 1.82) is 0 Å². The first-order valence-corrected chi connectivity index (χ1v) is 20.5. The molecule has 0 radical (unpaired) electrons. The second-order valence-corrected chi connectivity index (χ2v) is 15.1. The van der Waals surface area contributed by atoms with Crippen LogP contribution in [-0.2, 0) is 64.3 Å². The molecule has 0 unspecified atom stereocenters. The molecule has 14 nitrogen and oxygen atoms in total. The van der Waals surface area contributed by atoms with Gasteiger partial charge in [0.05, 0.1) is 106 Å². The van der Waals surface area contributed by atoms with Gasteiger partial charge in [-0.2, -0.15) is 0 Å². The fourth-order valence-electron chi connectivity index (χ4n) is 5.63. The summed E-state index contributed by atoms with van der Waals surface area (Å²) < 4.78 is 44.8. The van der Waals surface area contributed by atoms with Crippen LogP contribution in [0.15, 0.2) is 62.9 Å². The Bertz CT molecular complexity index is 1930. The molecule has 3 rings (SSSR count). The smallest absolute Gasteiger partial charge is 0.225 e. The number of rotatable bonds is 29. The number of hydrogen-bond donors (Lipinski definition) is 3. The van der Waals surface area contributed by atoms with Crippen molar-refractivity contribution in [3.8, 4) is 17.2 Å². The summed E-state index contributed by atoms with van der Waals surface area (Å²) in [4.78, 5) is 37.5. The van der Waals surface area contributed by atoms with Gasteiger partial charge in [0.2, 0.25) is 16.3 Å². The van der Waals surface area contributed by atoms with Crippen molar-refractivity contribution in [1.82, 2.24) is 0 Å². The van der Waals surface area contributed by atoms with Crippen LogP contribution in [0.25, 0.3) is 0 Å². The van der Waals surface area contributed by atoms with Gasteiger partial charge in [-0.15, -0.1) is 0 Å². The van der Waals surface area contributed by atoms with Crippen molar-refractivity contribution < 1.29 is 53.2 Å². The van der Waals surface area contributed by atoms with Crippen molar-refractivity contribution >= 4 is 0 Å². The molecule has 0 aliphatic heterocycles. The minimum absolute atomic E-state index is 0.00110. The topological polar surface area (TPSA) is 186 Å². The van der Waals surface area contributed by atoms with Gasteiger partial charge in [0.15, 0.2) is 17.2 Å². The molecular formula is C46H64O14. The van der Waals surface area contributed by atoms with Crippen LogP contribution in [0.3, 0.4) is 0 Å². The molecule has 0 amide bonds. The first kappa shape index (κ1) is 50.1. The molecule has 14 heteroatoms. The zero-order chi connectivity index (χ0) is 43.9. The summed E-state index contributed by atoms with van der Waals surface area (Å²) in [5.74, 6) is -0.602. The van der Waals surface area contributed by atoms with Crippen LogP contribution in [0.1, 0.15) is 98.2 Å². The third-order valence-electron chi connectivity index (χ3n) is 9.38. The Balaban J connectivity index is 1.27. The molecule has 0 bridgehead atoms. The molecular weight excluding hydrogens is 776 g/mol. The van der Waals surface area contributed by atoms with Gasteiger partial charge in [-0.3, -0.25) is 14.4 Å². The third kappa shape index (κ3) is 17.8. The Kier molecular flexibility index (Phi) is 23.0. The van der Waals surface area contributed by atoms with Crippen LogP contribution < -0.4 is 16.3 Å². The predicted octanol–water partition coefficient (Wildman–Crippen LogP) is 5.79. The Morgan fingerprint density at radius 3 is 1.02 bits per heavy atom. The predicted molar refractivity (Wildman–Crippen MR) is 227 cm³/mol. The van der Waals surface area contributed by atoms with E-state index >= 15 is 0 Å². The summed E-state index contributed by atoms with van der Waals surface area (Å²) in [6, 6.07) is 13.5. The minimum Gasteiger partial charge on any atom is -0.504 e. The Hall–Kier alpha value is -4.25. The highest BCUT2D eigenvalue weighted by molar-refractivity contribution is 5.39. The maximum atomic E-state index is 13.1. The molecule has 0 heterocycles. The van der Waals surface area contributed by atoms with Crippen molar-refractivity contribution in [3.63, 3.8) is 0 Å². The minimum atomic E-state index is -0.524. The Labute approximate surface area is 352 Å². The number of hydrogen-bond acceptors (Lipinski definition) is 14. The second-order valence-electron chi connectivity index (χ2n) is 15.1. The maximum Gasteiger partial charge on any atom is 0.225 e. The van der Waals surface area contributed by atoms with Gasteiger partial charge in [-0.05, 0) is 58.7 Å². The van der Waals surface area contributed by atoms with Gasteiger partial charge in [-0.1, -0.05) is 65.8 Å². The molecule has 0 aliphatic carbocycles. The zero-order valence-corrected chi connectivity index (χ0v) is 36.0. The molecule has 3 aromatic rings. The van der Waals surface area contributed by atoms with Gasteiger partial charge < -0.3 is 53.2 Å². The molecule has 0 spiro atoms. The summed E-state index contributed by atoms with van der Waals surface area (Å²) in [5.41, 5.74) is 2.71. The lowest BCUT2D eigenvalue weighted by Crippen LogP contribution is -2.13. The lowest BCUT2D eigenvalue weighted by molar-refractivity contribution is -0.00659. The Morgan fingerprint density at radius 1 is 0.367 bits per heavy atom. The highest BCUT2D eigenvalue weighted by Crippen LogP contribution is 2.22. The van der Waals surface area contributed by atoms with Crippen molar-refractivity contribution in [3.05, 3.63) is 118 Å². The average molecular weight is 841 g/mol. The second kappa shape index (κ2) is 27.6. The van der Waals surface area contributed by atoms with Crippen LogP contribution in [0, 0.1) is 0 Å². The van der Waals surface area contributed by atoms with Crippen LogP contribution in [0.2, 0.25) is 0 Å². The monoisotopic (exact) mass is 840 g/mol. The SMILES string of the molecule is CC(C)c1cc(COCCOCCOCCOCc2ccc(C(C)C)cc(=O)c2O)c(O)c(=O)c(COCCOCCOCCOCc2ccc(C(C)C)cc(=O)c2O)c1. The Morgan fingerprint density at radius 2 is 0.667 bits per heavy atom. The van der Waals surface area contributed by atoms with Crippen LogP contribution in [0.5, 0.6) is 17.2 Å². The van der Waals surface area contributed by atoms with E-state index in [0.29, 0.717) is 61.9 Å². The van der Waals surface area contributed by atoms with Crippen LogP contribution in [-0.4, -0.2) is 94.6 Å². The number of aromatic hydroxyl groups is 3. The molecule has 0 aliphatic rings. The van der Waals surface area contributed by atoms with E-state index in [0.717, 1.165) is 16.7 Å². The first-order chi connectivity index (χ1) is 28.8. The van der Waals surface area contributed by atoms with E-state index in [1.165, 1.54) is 12.1 Å². The van der Waals surface area contributed by atoms with E-state index in [1.54, 1.807) is 24.3 Å². The summed E-state index contributed by atoms with van der Waals surface area (Å²) in [6.07, 6.45) is 0. The normalized spacial score (nSPS) is 11.6. The van der Waals surface area contributed by atoms with Gasteiger partial charge >= 0.3 is 0 Å². The molecule has 3 aromatic carbocycles. The standard InChI is InChI=1S/C46H64O14/c1-31(2)34-7-9-36(43(49)41(47)25-34)27-57-19-15-53-11-13-55-17-21-59-29-39-23-38(33(5)6)24-40(46(52)45(39)51)30-60-22-18-56-14-12-54-16-20-58-28-37-10-8-35(32(3)4)26-42(48)44(37)50/h7-10,23-26,31-33H,11-22,27-30H2,1-6H3,(H,47,49)(H,48,50)(H,51,52). The van der Waals surface area contributed by atoms with Gasteiger partial charge in [-0.25, -0.2) is 0 Å². The molecule has 3 N–H and O–H groups in total. The van der Waals surface area contributed by atoms with E-state index in [1.807, 2.05) is 53.7 Å². The van der Waals surface area contributed by atoms with Gasteiger partial charge in [0.1, 0.15) is 0 Å². The zero-order valence-electron chi connectivity index (χ0n) is 36.0. The largest absolute Gasteiger partial charge is 0.504 e. The molecule has 0 fully saturated rings. The van der Waals surface area contributed by atoms with E-state index in [4.69, 9.17) is 37.9 Å². The number of ether oxygens (including phenoxy) is 8. The van der Waals surface area contributed by atoms with Gasteiger partial charge in [0.25, 0.3) is 0 Å².